The second kappa shape index (κ2) is 2.64. The topological polar surface area (TPSA) is 29.5 Å². The first-order valence-corrected chi connectivity index (χ1v) is 4.65. The molecule has 2 fully saturated rings. The van der Waals surface area contributed by atoms with Gasteiger partial charge in [-0.1, -0.05) is 0 Å². The minimum absolute atomic E-state index is 0.123. The van der Waals surface area contributed by atoms with Gasteiger partial charge in [-0.25, -0.2) is 4.79 Å². The van der Waals surface area contributed by atoms with Gasteiger partial charge in [-0.15, -0.1) is 0 Å². The first kappa shape index (κ1) is 7.90. The van der Waals surface area contributed by atoms with E-state index in [4.69, 9.17) is 4.74 Å². The first-order chi connectivity index (χ1) is 5.70. The van der Waals surface area contributed by atoms with Crippen molar-refractivity contribution in [2.24, 2.45) is 5.92 Å². The Morgan fingerprint density at radius 1 is 1.50 bits per heavy atom. The monoisotopic (exact) mass is 169 g/mol. The fourth-order valence-corrected chi connectivity index (χ4v) is 1.88. The molecule has 3 nitrogen and oxygen atoms in total. The number of nitrogens with zero attached hydrogens (tertiary/aromatic N) is 1. The normalized spacial score (nSPS) is 29.8. The smallest absolute Gasteiger partial charge is 0.410 e. The van der Waals surface area contributed by atoms with E-state index in [9.17, 15) is 4.79 Å². The number of ether oxygens (including phenoxy) is 1. The highest BCUT2D eigenvalue weighted by atomic mass is 16.6. The standard InChI is InChI=1S/C9H15NO2/c1-6(2)10-8(7-3-4-7)5-12-9(10)11/h6-8H,3-5H2,1-2H3. The largest absolute Gasteiger partial charge is 0.447 e. The van der Waals surface area contributed by atoms with Crippen LogP contribution in [0.3, 0.4) is 0 Å². The highest BCUT2D eigenvalue weighted by Gasteiger charge is 2.43. The molecule has 1 unspecified atom stereocenters. The summed E-state index contributed by atoms with van der Waals surface area (Å²) >= 11 is 0. The SMILES string of the molecule is CC(C)N1C(=O)OCC1C1CC1. The zero-order valence-electron chi connectivity index (χ0n) is 7.62. The van der Waals surface area contributed by atoms with E-state index < -0.39 is 0 Å². The molecule has 12 heavy (non-hydrogen) atoms. The summed E-state index contributed by atoms with van der Waals surface area (Å²) in [5.41, 5.74) is 0. The molecular formula is C9H15NO2. The number of hydrogen-bond acceptors (Lipinski definition) is 2. The Morgan fingerprint density at radius 2 is 2.17 bits per heavy atom. The van der Waals surface area contributed by atoms with E-state index in [-0.39, 0.29) is 12.1 Å². The van der Waals surface area contributed by atoms with E-state index in [1.165, 1.54) is 12.8 Å². The molecule has 1 saturated heterocycles. The third-order valence-corrected chi connectivity index (χ3v) is 2.67. The van der Waals surface area contributed by atoms with Crippen LogP contribution in [0.25, 0.3) is 0 Å². The highest BCUT2D eigenvalue weighted by molar-refractivity contribution is 5.70. The fraction of sp³-hybridized carbons (Fsp3) is 0.889. The molecule has 1 aliphatic carbocycles. The molecule has 1 heterocycles. The number of hydrogen-bond donors (Lipinski definition) is 0. The number of carbonyl (C=O) groups excluding carboxylic acids is 1. The van der Waals surface area contributed by atoms with Gasteiger partial charge in [0.1, 0.15) is 6.61 Å². The van der Waals surface area contributed by atoms with Gasteiger partial charge in [0.25, 0.3) is 0 Å². The van der Waals surface area contributed by atoms with Gasteiger partial charge in [0.05, 0.1) is 6.04 Å². The molecule has 1 atom stereocenters. The van der Waals surface area contributed by atoms with Crippen LogP contribution >= 0.6 is 0 Å². The molecule has 0 bridgehead atoms. The molecular weight excluding hydrogens is 154 g/mol. The second-order valence-corrected chi connectivity index (χ2v) is 3.98. The molecule has 0 aromatic rings. The fourth-order valence-electron chi connectivity index (χ4n) is 1.88. The molecule has 2 rings (SSSR count). The summed E-state index contributed by atoms with van der Waals surface area (Å²) in [7, 11) is 0. The van der Waals surface area contributed by atoms with Crippen LogP contribution in [-0.2, 0) is 4.74 Å². The Morgan fingerprint density at radius 3 is 2.67 bits per heavy atom. The average molecular weight is 169 g/mol. The van der Waals surface area contributed by atoms with Gasteiger partial charge in [-0.3, -0.25) is 4.90 Å². The van der Waals surface area contributed by atoms with E-state index in [1.54, 1.807) is 0 Å². The summed E-state index contributed by atoms with van der Waals surface area (Å²) in [5.74, 6) is 0.721. The Labute approximate surface area is 72.7 Å². The predicted molar refractivity (Wildman–Crippen MR) is 44.8 cm³/mol. The van der Waals surface area contributed by atoms with Crippen LogP contribution in [0.15, 0.2) is 0 Å². The van der Waals surface area contributed by atoms with E-state index in [1.807, 2.05) is 18.7 Å². The average Bonchev–Trinajstić information content (AvgIpc) is 2.75. The Balaban J connectivity index is 2.07. The van der Waals surface area contributed by atoms with Crippen LogP contribution in [0.5, 0.6) is 0 Å². The van der Waals surface area contributed by atoms with Crippen molar-refractivity contribution >= 4 is 6.09 Å². The van der Waals surface area contributed by atoms with Crippen molar-refractivity contribution < 1.29 is 9.53 Å². The molecule has 0 aromatic carbocycles. The summed E-state index contributed by atoms with van der Waals surface area (Å²) in [6, 6.07) is 0.656. The maximum Gasteiger partial charge on any atom is 0.410 e. The lowest BCUT2D eigenvalue weighted by Crippen LogP contribution is -2.40. The lowest BCUT2D eigenvalue weighted by molar-refractivity contribution is 0.148. The third kappa shape index (κ3) is 1.17. The van der Waals surface area contributed by atoms with Gasteiger partial charge in [0, 0.05) is 6.04 Å². The Hall–Kier alpha value is -0.730. The Bertz CT molecular complexity index is 199. The molecule has 68 valence electrons. The van der Waals surface area contributed by atoms with Gasteiger partial charge in [-0.05, 0) is 32.6 Å². The van der Waals surface area contributed by atoms with Crippen molar-refractivity contribution in [3.8, 4) is 0 Å². The predicted octanol–water partition coefficient (Wildman–Crippen LogP) is 1.63. The molecule has 1 amide bonds. The van der Waals surface area contributed by atoms with Crippen LogP contribution in [0, 0.1) is 5.92 Å². The van der Waals surface area contributed by atoms with Crippen molar-refractivity contribution in [2.75, 3.05) is 6.61 Å². The van der Waals surface area contributed by atoms with Crippen LogP contribution in [-0.4, -0.2) is 29.7 Å². The zero-order valence-corrected chi connectivity index (χ0v) is 7.62. The molecule has 2 aliphatic rings. The number of cyclic esters (lactones) is 1. The molecule has 0 N–H and O–H groups in total. The number of rotatable bonds is 2. The maximum atomic E-state index is 11.3. The van der Waals surface area contributed by atoms with Gasteiger partial charge in [0.15, 0.2) is 0 Å². The quantitative estimate of drug-likeness (QED) is 0.628. The lowest BCUT2D eigenvalue weighted by atomic mass is 10.1. The molecule has 3 heteroatoms. The Kier molecular flexibility index (Phi) is 1.74. The van der Waals surface area contributed by atoms with E-state index in [2.05, 4.69) is 0 Å². The van der Waals surface area contributed by atoms with E-state index in [0.717, 1.165) is 5.92 Å². The zero-order chi connectivity index (χ0) is 8.72. The molecule has 0 spiro atoms. The molecule has 0 aromatic heterocycles. The summed E-state index contributed by atoms with van der Waals surface area (Å²) < 4.78 is 5.03. The van der Waals surface area contributed by atoms with Gasteiger partial charge in [-0.2, -0.15) is 0 Å². The molecule has 1 aliphatic heterocycles. The van der Waals surface area contributed by atoms with Crippen molar-refractivity contribution in [2.45, 2.75) is 38.8 Å². The minimum Gasteiger partial charge on any atom is -0.447 e. The first-order valence-electron chi connectivity index (χ1n) is 4.65. The van der Waals surface area contributed by atoms with Crippen molar-refractivity contribution in [3.63, 3.8) is 0 Å². The second-order valence-electron chi connectivity index (χ2n) is 3.98. The summed E-state index contributed by atoms with van der Waals surface area (Å²) in [4.78, 5) is 13.1. The van der Waals surface area contributed by atoms with E-state index >= 15 is 0 Å². The van der Waals surface area contributed by atoms with Crippen molar-refractivity contribution in [3.05, 3.63) is 0 Å². The summed E-state index contributed by atoms with van der Waals surface area (Å²) in [6.45, 7) is 4.70. The van der Waals surface area contributed by atoms with Crippen LogP contribution < -0.4 is 0 Å². The van der Waals surface area contributed by atoms with Crippen molar-refractivity contribution in [1.29, 1.82) is 0 Å². The maximum absolute atomic E-state index is 11.3. The van der Waals surface area contributed by atoms with Crippen LogP contribution in [0.2, 0.25) is 0 Å². The molecule has 0 radical (unpaired) electrons. The van der Waals surface area contributed by atoms with Crippen LogP contribution in [0.1, 0.15) is 26.7 Å². The number of carbonyl (C=O) groups is 1. The number of amides is 1. The highest BCUT2D eigenvalue weighted by Crippen LogP contribution is 2.38. The van der Waals surface area contributed by atoms with E-state index in [0.29, 0.717) is 12.6 Å². The minimum atomic E-state index is -0.123. The lowest BCUT2D eigenvalue weighted by Gasteiger charge is -2.24. The third-order valence-electron chi connectivity index (χ3n) is 2.67. The van der Waals surface area contributed by atoms with Gasteiger partial charge in [0.2, 0.25) is 0 Å². The van der Waals surface area contributed by atoms with Gasteiger partial charge < -0.3 is 4.74 Å². The summed E-state index contributed by atoms with van der Waals surface area (Å²) in [5, 5.41) is 0. The van der Waals surface area contributed by atoms with Crippen molar-refractivity contribution in [1.82, 2.24) is 4.90 Å². The van der Waals surface area contributed by atoms with Gasteiger partial charge >= 0.3 is 6.09 Å². The summed E-state index contributed by atoms with van der Waals surface area (Å²) in [6.07, 6.45) is 2.41. The molecule has 1 saturated carbocycles. The van der Waals surface area contributed by atoms with Crippen LogP contribution in [0.4, 0.5) is 4.79 Å².